The van der Waals surface area contributed by atoms with Crippen LogP contribution in [-0.4, -0.2) is 80.9 Å². The predicted molar refractivity (Wildman–Crippen MR) is 168 cm³/mol. The molecular formula is C33H38N8O5. The van der Waals surface area contributed by atoms with Gasteiger partial charge in [0, 0.05) is 35.8 Å². The molecule has 13 nitrogen and oxygen atoms in total. The number of fused-ring (bicyclic) bond motifs is 3. The molecule has 1 fully saturated rings. The van der Waals surface area contributed by atoms with Crippen LogP contribution in [0, 0.1) is 5.92 Å². The summed E-state index contributed by atoms with van der Waals surface area (Å²) in [6.07, 6.45) is 2.11. The van der Waals surface area contributed by atoms with Gasteiger partial charge in [0.1, 0.15) is 12.3 Å². The first kappa shape index (κ1) is 30.8. The van der Waals surface area contributed by atoms with E-state index in [9.17, 15) is 14.4 Å². The number of hydrogen-bond donors (Lipinski definition) is 3. The number of benzene rings is 2. The number of nitrogens with zero attached hydrogens (tertiary/aromatic N) is 5. The maximum atomic E-state index is 13.6. The summed E-state index contributed by atoms with van der Waals surface area (Å²) in [7, 11) is 1.54. The molecule has 0 unspecified atom stereocenters. The fraction of sp³-hybridized carbons (Fsp3) is 0.394. The van der Waals surface area contributed by atoms with Crippen molar-refractivity contribution in [3.8, 4) is 22.9 Å². The SMILES string of the molecule is COc1ccc2cc1OCCn1nc(-c3ccccc3)nc1[C@@H](C(C)C)NC(=O)CN(C(=O)c1cc(C3CC3)[nH]n1)CCNC2=O. The summed E-state index contributed by atoms with van der Waals surface area (Å²) in [5.41, 5.74) is 2.35. The summed E-state index contributed by atoms with van der Waals surface area (Å²) < 4.78 is 13.3. The van der Waals surface area contributed by atoms with Gasteiger partial charge in [0.05, 0.1) is 26.2 Å². The zero-order valence-electron chi connectivity index (χ0n) is 26.2. The molecule has 1 aliphatic heterocycles. The van der Waals surface area contributed by atoms with Crippen LogP contribution < -0.4 is 20.1 Å². The van der Waals surface area contributed by atoms with E-state index in [4.69, 9.17) is 19.6 Å². The molecule has 2 bridgehead atoms. The summed E-state index contributed by atoms with van der Waals surface area (Å²) in [4.78, 5) is 46.7. The van der Waals surface area contributed by atoms with Crippen LogP contribution >= 0.6 is 0 Å². The number of carbonyl (C=O) groups excluding carboxylic acids is 3. The number of rotatable bonds is 5. The van der Waals surface area contributed by atoms with Crippen LogP contribution in [0.15, 0.2) is 54.6 Å². The lowest BCUT2D eigenvalue weighted by molar-refractivity contribution is -0.123. The predicted octanol–water partition coefficient (Wildman–Crippen LogP) is 3.33. The highest BCUT2D eigenvalue weighted by molar-refractivity contribution is 5.96. The van der Waals surface area contributed by atoms with Crippen LogP contribution in [0.2, 0.25) is 0 Å². The third kappa shape index (κ3) is 6.87. The number of aromatic nitrogens is 5. The van der Waals surface area contributed by atoms with Crippen molar-refractivity contribution in [1.82, 2.24) is 40.5 Å². The zero-order valence-corrected chi connectivity index (χ0v) is 26.2. The van der Waals surface area contributed by atoms with E-state index in [1.165, 1.54) is 12.0 Å². The van der Waals surface area contributed by atoms with Crippen molar-refractivity contribution in [3.63, 3.8) is 0 Å². The molecule has 4 aromatic rings. The second kappa shape index (κ2) is 13.4. The standard InChI is InChI=1S/C33H38N8O5/c1-20(2)29-31-36-30(22-7-5-4-6-8-22)39-41(31)15-16-46-27-17-23(11-12-26(27)45-3)32(43)34-13-14-40(19-28(42)35-29)33(44)25-18-24(37-38-25)21-9-10-21/h4-8,11-12,17-18,20-21,29H,9-10,13-16,19H2,1-3H3,(H,34,43)(H,35,42)(H,37,38)/t29-/m1/s1. The Bertz CT molecular complexity index is 1710. The van der Waals surface area contributed by atoms with Gasteiger partial charge < -0.3 is 25.0 Å². The van der Waals surface area contributed by atoms with Crippen molar-refractivity contribution < 1.29 is 23.9 Å². The van der Waals surface area contributed by atoms with Crippen molar-refractivity contribution in [2.45, 2.75) is 45.2 Å². The van der Waals surface area contributed by atoms with E-state index in [-0.39, 0.29) is 49.7 Å². The molecule has 1 atom stereocenters. The molecule has 1 aliphatic carbocycles. The molecule has 0 spiro atoms. The van der Waals surface area contributed by atoms with Crippen LogP contribution in [-0.2, 0) is 11.3 Å². The summed E-state index contributed by atoms with van der Waals surface area (Å²) in [5, 5.41) is 17.9. The van der Waals surface area contributed by atoms with Crippen LogP contribution in [0.25, 0.3) is 11.4 Å². The fourth-order valence-corrected chi connectivity index (χ4v) is 5.42. The van der Waals surface area contributed by atoms with Gasteiger partial charge in [-0.25, -0.2) is 9.67 Å². The molecule has 6 rings (SSSR count). The molecule has 1 saturated carbocycles. The second-order valence-corrected chi connectivity index (χ2v) is 11.9. The first-order chi connectivity index (χ1) is 22.3. The highest BCUT2D eigenvalue weighted by Gasteiger charge is 2.30. The lowest BCUT2D eigenvalue weighted by Gasteiger charge is -2.25. The minimum absolute atomic E-state index is 0.0637. The van der Waals surface area contributed by atoms with Gasteiger partial charge in [0.15, 0.2) is 23.1 Å². The second-order valence-electron chi connectivity index (χ2n) is 11.9. The van der Waals surface area contributed by atoms with E-state index < -0.39 is 11.9 Å². The number of aromatic amines is 1. The van der Waals surface area contributed by atoms with Gasteiger partial charge in [-0.2, -0.15) is 10.2 Å². The fourth-order valence-electron chi connectivity index (χ4n) is 5.42. The lowest BCUT2D eigenvalue weighted by Crippen LogP contribution is -2.46. The van der Waals surface area contributed by atoms with Crippen molar-refractivity contribution in [1.29, 1.82) is 0 Å². The molecular weight excluding hydrogens is 588 g/mol. The summed E-state index contributed by atoms with van der Waals surface area (Å²) in [6, 6.07) is 15.8. The molecule has 0 saturated heterocycles. The highest BCUT2D eigenvalue weighted by Crippen LogP contribution is 2.39. The number of methoxy groups -OCH3 is 1. The van der Waals surface area contributed by atoms with Crippen molar-refractivity contribution in [2.75, 3.05) is 33.4 Å². The minimum atomic E-state index is -0.519. The van der Waals surface area contributed by atoms with Crippen molar-refractivity contribution in [3.05, 3.63) is 77.4 Å². The lowest BCUT2D eigenvalue weighted by atomic mass is 10.0. The van der Waals surface area contributed by atoms with Crippen LogP contribution in [0.5, 0.6) is 11.5 Å². The molecule has 3 N–H and O–H groups in total. The first-order valence-electron chi connectivity index (χ1n) is 15.5. The Hall–Kier alpha value is -5.20. The smallest absolute Gasteiger partial charge is 0.274 e. The molecule has 0 radical (unpaired) electrons. The Morgan fingerprint density at radius 3 is 2.59 bits per heavy atom. The molecule has 13 heteroatoms. The van der Waals surface area contributed by atoms with E-state index in [0.29, 0.717) is 41.2 Å². The summed E-state index contributed by atoms with van der Waals surface area (Å²) >= 11 is 0. The molecule has 3 heterocycles. The number of ether oxygens (including phenoxy) is 2. The summed E-state index contributed by atoms with van der Waals surface area (Å²) in [6.45, 7) is 4.44. The average molecular weight is 627 g/mol. The molecule has 2 aliphatic rings. The summed E-state index contributed by atoms with van der Waals surface area (Å²) in [5.74, 6) is 1.16. The Labute approximate surface area is 266 Å². The van der Waals surface area contributed by atoms with Gasteiger partial charge in [-0.05, 0) is 43.0 Å². The van der Waals surface area contributed by atoms with Gasteiger partial charge in [0.2, 0.25) is 5.91 Å². The minimum Gasteiger partial charge on any atom is -0.493 e. The maximum absolute atomic E-state index is 13.6. The third-order valence-corrected chi connectivity index (χ3v) is 8.10. The third-order valence-electron chi connectivity index (χ3n) is 8.10. The average Bonchev–Trinajstić information content (AvgIpc) is 3.64. The number of nitrogens with one attached hydrogen (secondary N) is 3. The molecule has 3 amide bonds. The molecule has 2 aromatic heterocycles. The topological polar surface area (TPSA) is 156 Å². The molecule has 2 aromatic carbocycles. The zero-order chi connectivity index (χ0) is 32.2. The Morgan fingerprint density at radius 2 is 1.85 bits per heavy atom. The largest absolute Gasteiger partial charge is 0.493 e. The highest BCUT2D eigenvalue weighted by atomic mass is 16.5. The normalized spacial score (nSPS) is 17.8. The maximum Gasteiger partial charge on any atom is 0.274 e. The van der Waals surface area contributed by atoms with Gasteiger partial charge in [-0.3, -0.25) is 19.5 Å². The van der Waals surface area contributed by atoms with Crippen LogP contribution in [0.1, 0.15) is 71.0 Å². The number of hydrogen-bond acceptors (Lipinski definition) is 8. The quantitative estimate of drug-likeness (QED) is 0.305. The van der Waals surface area contributed by atoms with Crippen molar-refractivity contribution in [2.24, 2.45) is 5.92 Å². The van der Waals surface area contributed by atoms with Gasteiger partial charge >= 0.3 is 0 Å². The van der Waals surface area contributed by atoms with E-state index in [1.54, 1.807) is 28.9 Å². The van der Waals surface area contributed by atoms with Gasteiger partial charge in [-0.1, -0.05) is 44.2 Å². The molecule has 46 heavy (non-hydrogen) atoms. The van der Waals surface area contributed by atoms with E-state index >= 15 is 0 Å². The van der Waals surface area contributed by atoms with Crippen LogP contribution in [0.3, 0.4) is 0 Å². The van der Waals surface area contributed by atoms with E-state index in [0.717, 1.165) is 24.1 Å². The number of H-pyrrole nitrogens is 1. The Morgan fingerprint density at radius 1 is 1.04 bits per heavy atom. The van der Waals surface area contributed by atoms with Crippen LogP contribution in [0.4, 0.5) is 0 Å². The first-order valence-corrected chi connectivity index (χ1v) is 15.5. The number of amides is 3. The van der Waals surface area contributed by atoms with Gasteiger partial charge in [0.25, 0.3) is 11.8 Å². The Balaban J connectivity index is 1.35. The Kier molecular flexibility index (Phi) is 8.99. The number of carbonyl (C=O) groups is 3. The van der Waals surface area contributed by atoms with E-state index in [2.05, 4.69) is 20.8 Å². The van der Waals surface area contributed by atoms with E-state index in [1.807, 2.05) is 44.2 Å². The monoisotopic (exact) mass is 626 g/mol. The van der Waals surface area contributed by atoms with Crippen molar-refractivity contribution >= 4 is 17.7 Å². The molecule has 240 valence electrons. The van der Waals surface area contributed by atoms with Gasteiger partial charge in [-0.15, -0.1) is 0 Å².